The largest absolute Gasteiger partial charge is 0.480 e. The van der Waals surface area contributed by atoms with Gasteiger partial charge in [0.05, 0.1) is 0 Å². The van der Waals surface area contributed by atoms with E-state index < -0.39 is 12.0 Å². The fourth-order valence-electron chi connectivity index (χ4n) is 0.542. The standard InChI is InChI=1S/C5H14N4.C3H7NO2S/c6-3-1-2-4-9-5(7)8;4-2(1-7)3(5)6/h1-4,6H2,(H4,7,8,9);2,7H,1,4H2,(H,5,6). The van der Waals surface area contributed by atoms with Gasteiger partial charge >= 0.3 is 5.97 Å². The minimum atomic E-state index is -1.00. The lowest BCUT2D eigenvalue weighted by Crippen LogP contribution is -2.31. The molecule has 0 aromatic heterocycles. The zero-order valence-electron chi connectivity index (χ0n) is 9.17. The van der Waals surface area contributed by atoms with E-state index in [1.165, 1.54) is 0 Å². The molecule has 16 heavy (non-hydrogen) atoms. The third-order valence-corrected chi connectivity index (χ3v) is 1.81. The molecule has 9 N–H and O–H groups in total. The van der Waals surface area contributed by atoms with Gasteiger partial charge in [0, 0.05) is 12.3 Å². The summed E-state index contributed by atoms with van der Waals surface area (Å²) in [5.74, 6) is -0.656. The molecule has 0 aromatic rings. The van der Waals surface area contributed by atoms with E-state index in [1.807, 2.05) is 0 Å². The van der Waals surface area contributed by atoms with Gasteiger partial charge < -0.3 is 28.0 Å². The molecule has 96 valence electrons. The zero-order valence-corrected chi connectivity index (χ0v) is 10.1. The molecule has 0 radical (unpaired) electrons. The molecule has 7 nitrogen and oxygen atoms in total. The lowest BCUT2D eigenvalue weighted by molar-refractivity contribution is -0.137. The van der Waals surface area contributed by atoms with Crippen LogP contribution in [0.2, 0.25) is 0 Å². The number of aliphatic imine (C=N–C) groups is 1. The molecule has 0 bridgehead atoms. The Bertz CT molecular complexity index is 209. The van der Waals surface area contributed by atoms with E-state index in [0.717, 1.165) is 12.8 Å². The van der Waals surface area contributed by atoms with Crippen molar-refractivity contribution in [3.05, 3.63) is 0 Å². The van der Waals surface area contributed by atoms with Gasteiger partial charge in [-0.25, -0.2) is 0 Å². The number of unbranched alkanes of at least 4 members (excludes halogenated alkanes) is 1. The molecule has 0 aromatic carbocycles. The Hall–Kier alpha value is -0.990. The van der Waals surface area contributed by atoms with Crippen LogP contribution in [0.15, 0.2) is 4.99 Å². The molecule has 0 saturated heterocycles. The maximum atomic E-state index is 9.76. The Morgan fingerprint density at radius 3 is 2.19 bits per heavy atom. The van der Waals surface area contributed by atoms with Crippen molar-refractivity contribution in [1.82, 2.24) is 0 Å². The topological polar surface area (TPSA) is 154 Å². The fraction of sp³-hybridized carbons (Fsp3) is 0.750. The zero-order chi connectivity index (χ0) is 13.0. The van der Waals surface area contributed by atoms with Crippen LogP contribution in [-0.2, 0) is 4.79 Å². The molecule has 0 aliphatic carbocycles. The highest BCUT2D eigenvalue weighted by Crippen LogP contribution is 1.84. The highest BCUT2D eigenvalue weighted by atomic mass is 32.1. The molecule has 1 atom stereocenters. The van der Waals surface area contributed by atoms with Crippen LogP contribution >= 0.6 is 12.6 Å². The Kier molecular flexibility index (Phi) is 13.1. The van der Waals surface area contributed by atoms with Crippen LogP contribution in [0.5, 0.6) is 0 Å². The summed E-state index contributed by atoms with van der Waals surface area (Å²) in [4.78, 5) is 13.5. The molecule has 0 heterocycles. The highest BCUT2D eigenvalue weighted by molar-refractivity contribution is 7.80. The summed E-state index contributed by atoms with van der Waals surface area (Å²) in [6.07, 6.45) is 1.95. The monoisotopic (exact) mass is 251 g/mol. The summed E-state index contributed by atoms with van der Waals surface area (Å²) in [6.45, 7) is 1.40. The first kappa shape index (κ1) is 17.4. The van der Waals surface area contributed by atoms with Gasteiger partial charge in [0.15, 0.2) is 5.96 Å². The number of guanidine groups is 1. The van der Waals surface area contributed by atoms with Gasteiger partial charge in [-0.2, -0.15) is 12.6 Å². The maximum Gasteiger partial charge on any atom is 0.321 e. The minimum absolute atomic E-state index is 0.159. The van der Waals surface area contributed by atoms with Crippen molar-refractivity contribution in [2.75, 3.05) is 18.8 Å². The number of hydrogen-bond acceptors (Lipinski definition) is 5. The van der Waals surface area contributed by atoms with Crippen LogP contribution in [0, 0.1) is 0 Å². The summed E-state index contributed by atoms with van der Waals surface area (Å²) in [6, 6.07) is -0.816. The normalized spacial score (nSPS) is 10.9. The lowest BCUT2D eigenvalue weighted by atomic mass is 10.3. The van der Waals surface area contributed by atoms with Gasteiger partial charge in [-0.1, -0.05) is 0 Å². The molecular formula is C8H21N5O2S. The number of rotatable bonds is 6. The lowest BCUT2D eigenvalue weighted by Gasteiger charge is -1.96. The third-order valence-electron chi connectivity index (χ3n) is 1.42. The molecule has 1 unspecified atom stereocenters. The summed E-state index contributed by atoms with van der Waals surface area (Å²) in [7, 11) is 0. The van der Waals surface area contributed by atoms with Gasteiger partial charge in [-0.15, -0.1) is 0 Å². The van der Waals surface area contributed by atoms with Crippen LogP contribution in [0.25, 0.3) is 0 Å². The van der Waals surface area contributed by atoms with Crippen molar-refractivity contribution >= 4 is 24.6 Å². The Morgan fingerprint density at radius 1 is 1.38 bits per heavy atom. The second-order valence-electron chi connectivity index (χ2n) is 2.93. The van der Waals surface area contributed by atoms with Crippen LogP contribution in [0.1, 0.15) is 12.8 Å². The number of hydrogen-bond donors (Lipinski definition) is 6. The van der Waals surface area contributed by atoms with Gasteiger partial charge in [0.25, 0.3) is 0 Å². The van der Waals surface area contributed by atoms with E-state index in [9.17, 15) is 4.79 Å². The predicted octanol–water partition coefficient (Wildman–Crippen LogP) is -1.67. The van der Waals surface area contributed by atoms with Crippen molar-refractivity contribution < 1.29 is 9.90 Å². The first-order valence-corrected chi connectivity index (χ1v) is 5.43. The van der Waals surface area contributed by atoms with Crippen molar-refractivity contribution in [3.8, 4) is 0 Å². The maximum absolute atomic E-state index is 9.76. The van der Waals surface area contributed by atoms with E-state index in [1.54, 1.807) is 0 Å². The first-order valence-electron chi connectivity index (χ1n) is 4.80. The van der Waals surface area contributed by atoms with Gasteiger partial charge in [-0.05, 0) is 19.4 Å². The molecule has 0 fully saturated rings. The van der Waals surface area contributed by atoms with Gasteiger partial charge in [-0.3, -0.25) is 9.79 Å². The number of carboxylic acid groups (broad SMARTS) is 1. The summed E-state index contributed by atoms with van der Waals surface area (Å²) >= 11 is 3.65. The summed E-state index contributed by atoms with van der Waals surface area (Å²) in [5.41, 5.74) is 20.3. The number of thiol groups is 1. The van der Waals surface area contributed by atoms with Crippen LogP contribution < -0.4 is 22.9 Å². The second-order valence-corrected chi connectivity index (χ2v) is 3.29. The van der Waals surface area contributed by atoms with Crippen molar-refractivity contribution in [1.29, 1.82) is 0 Å². The van der Waals surface area contributed by atoms with Crippen molar-refractivity contribution in [2.24, 2.45) is 27.9 Å². The molecule has 8 heteroatoms. The average Bonchev–Trinajstić information content (AvgIpc) is 2.23. The fourth-order valence-corrected chi connectivity index (χ4v) is 0.699. The van der Waals surface area contributed by atoms with Crippen molar-refractivity contribution in [2.45, 2.75) is 18.9 Å². The number of nitrogens with zero attached hydrogens (tertiary/aromatic N) is 1. The van der Waals surface area contributed by atoms with E-state index >= 15 is 0 Å². The summed E-state index contributed by atoms with van der Waals surface area (Å²) in [5, 5.41) is 8.01. The van der Waals surface area contributed by atoms with E-state index in [-0.39, 0.29) is 11.7 Å². The van der Waals surface area contributed by atoms with Gasteiger partial charge in [0.2, 0.25) is 0 Å². The Morgan fingerprint density at radius 2 is 1.94 bits per heavy atom. The van der Waals surface area contributed by atoms with E-state index in [4.69, 9.17) is 28.0 Å². The molecule has 0 spiro atoms. The second kappa shape index (κ2) is 12.1. The van der Waals surface area contributed by atoms with Gasteiger partial charge in [0.1, 0.15) is 6.04 Å². The molecular weight excluding hydrogens is 230 g/mol. The minimum Gasteiger partial charge on any atom is -0.480 e. The molecule has 0 aliphatic heterocycles. The Balaban J connectivity index is 0. The molecule has 0 amide bonds. The Labute approximate surface area is 101 Å². The number of nitrogens with two attached hydrogens (primary N) is 4. The average molecular weight is 251 g/mol. The SMILES string of the molecule is NC(CS)C(=O)O.NCCCCN=C(N)N. The van der Waals surface area contributed by atoms with Crippen LogP contribution in [0.3, 0.4) is 0 Å². The third kappa shape index (κ3) is 15.5. The first-order chi connectivity index (χ1) is 7.45. The van der Waals surface area contributed by atoms with E-state index in [2.05, 4.69) is 17.6 Å². The van der Waals surface area contributed by atoms with Crippen LogP contribution in [0.4, 0.5) is 0 Å². The van der Waals surface area contributed by atoms with Crippen molar-refractivity contribution in [3.63, 3.8) is 0 Å². The quantitative estimate of drug-likeness (QED) is 0.143. The number of aliphatic carboxylic acids is 1. The molecule has 0 saturated carbocycles. The van der Waals surface area contributed by atoms with Crippen LogP contribution in [-0.4, -0.2) is 41.9 Å². The van der Waals surface area contributed by atoms with E-state index in [0.29, 0.717) is 13.1 Å². The highest BCUT2D eigenvalue weighted by Gasteiger charge is 2.06. The summed E-state index contributed by atoms with van der Waals surface area (Å²) < 4.78 is 0. The number of carboxylic acids is 1. The molecule has 0 rings (SSSR count). The number of carbonyl (C=O) groups is 1. The smallest absolute Gasteiger partial charge is 0.321 e. The molecule has 0 aliphatic rings. The predicted molar refractivity (Wildman–Crippen MR) is 68.4 cm³/mol.